The molecule has 0 radical (unpaired) electrons. The number of nitrogens with zero attached hydrogens (tertiary/aromatic N) is 2. The molecule has 2 rings (SSSR count). The fraction of sp³-hybridized carbons (Fsp3) is 0.500. The maximum atomic E-state index is 9.13. The van der Waals surface area contributed by atoms with Gasteiger partial charge in [0.15, 0.2) is 0 Å². The number of hydrogen-bond donors (Lipinski definition) is 0. The lowest BCUT2D eigenvalue weighted by atomic mass is 10.0. The normalized spacial score (nSPS) is 14.4. The predicted octanol–water partition coefficient (Wildman–Crippen LogP) is 2.91. The number of nitriles is 1. The van der Waals surface area contributed by atoms with E-state index >= 15 is 0 Å². The molecule has 0 aliphatic heterocycles. The van der Waals surface area contributed by atoms with E-state index < -0.39 is 5.54 Å². The van der Waals surface area contributed by atoms with Gasteiger partial charge in [0, 0.05) is 12.7 Å². The Hall–Kier alpha value is -1.49. The van der Waals surface area contributed by atoms with Crippen LogP contribution in [0.15, 0.2) is 18.2 Å². The Kier molecular flexibility index (Phi) is 2.63. The Balaban J connectivity index is 2.32. The van der Waals surface area contributed by atoms with Crippen LogP contribution < -0.4 is 4.90 Å². The van der Waals surface area contributed by atoms with E-state index in [9.17, 15) is 0 Å². The van der Waals surface area contributed by atoms with E-state index in [0.29, 0.717) is 0 Å². The zero-order chi connectivity index (χ0) is 11.8. The number of hydrogen-bond acceptors (Lipinski definition) is 2. The van der Waals surface area contributed by atoms with Crippen LogP contribution in [-0.2, 0) is 12.8 Å². The van der Waals surface area contributed by atoms with Gasteiger partial charge in [0.1, 0.15) is 5.54 Å². The second-order valence-corrected chi connectivity index (χ2v) is 5.04. The van der Waals surface area contributed by atoms with Crippen LogP contribution in [0.1, 0.15) is 31.4 Å². The molecular weight excluding hydrogens is 196 g/mol. The quantitative estimate of drug-likeness (QED) is 0.757. The van der Waals surface area contributed by atoms with E-state index in [2.05, 4.69) is 24.3 Å². The molecule has 0 heterocycles. The first-order chi connectivity index (χ1) is 7.54. The second-order valence-electron chi connectivity index (χ2n) is 5.04. The highest BCUT2D eigenvalue weighted by Gasteiger charge is 2.24. The van der Waals surface area contributed by atoms with Crippen LogP contribution in [0.3, 0.4) is 0 Å². The third-order valence-electron chi connectivity index (χ3n) is 3.58. The SMILES string of the molecule is CN(c1ccc2c(c1)CCC2)C(C)(C)C#N. The second kappa shape index (κ2) is 3.83. The third kappa shape index (κ3) is 1.78. The monoisotopic (exact) mass is 214 g/mol. The lowest BCUT2D eigenvalue weighted by Gasteiger charge is -2.31. The first-order valence-electron chi connectivity index (χ1n) is 5.81. The first-order valence-corrected chi connectivity index (χ1v) is 5.81. The fourth-order valence-electron chi connectivity index (χ4n) is 2.16. The predicted molar refractivity (Wildman–Crippen MR) is 66.6 cm³/mol. The standard InChI is InChI=1S/C14H18N2/c1-14(2,10-15)16(3)13-8-7-11-5-4-6-12(11)9-13/h7-9H,4-6H2,1-3H3. The number of aryl methyl sites for hydroxylation is 2. The highest BCUT2D eigenvalue weighted by Crippen LogP contribution is 2.29. The van der Waals surface area contributed by atoms with E-state index in [1.807, 2.05) is 25.8 Å². The number of benzene rings is 1. The molecule has 0 spiro atoms. The van der Waals surface area contributed by atoms with Gasteiger partial charge < -0.3 is 4.90 Å². The number of anilines is 1. The number of fused-ring (bicyclic) bond motifs is 1. The molecule has 0 bridgehead atoms. The van der Waals surface area contributed by atoms with Crippen molar-refractivity contribution in [1.29, 1.82) is 5.26 Å². The summed E-state index contributed by atoms with van der Waals surface area (Å²) in [7, 11) is 1.99. The van der Waals surface area contributed by atoms with Crippen molar-refractivity contribution in [3.8, 4) is 6.07 Å². The molecule has 0 unspecified atom stereocenters. The van der Waals surface area contributed by atoms with Crippen molar-refractivity contribution in [2.24, 2.45) is 0 Å². The zero-order valence-corrected chi connectivity index (χ0v) is 10.2. The Morgan fingerprint density at radius 1 is 1.25 bits per heavy atom. The van der Waals surface area contributed by atoms with E-state index in [1.54, 1.807) is 0 Å². The summed E-state index contributed by atoms with van der Waals surface area (Å²) >= 11 is 0. The van der Waals surface area contributed by atoms with E-state index in [0.717, 1.165) is 5.69 Å². The van der Waals surface area contributed by atoms with E-state index in [1.165, 1.54) is 30.4 Å². The molecule has 84 valence electrons. The minimum Gasteiger partial charge on any atom is -0.357 e. The van der Waals surface area contributed by atoms with Crippen molar-refractivity contribution < 1.29 is 0 Å². The van der Waals surface area contributed by atoms with Gasteiger partial charge in [-0.15, -0.1) is 0 Å². The summed E-state index contributed by atoms with van der Waals surface area (Å²) in [5.41, 5.74) is 3.63. The molecule has 1 aliphatic rings. The van der Waals surface area contributed by atoms with Crippen molar-refractivity contribution in [2.75, 3.05) is 11.9 Å². The smallest absolute Gasteiger partial charge is 0.121 e. The Bertz CT molecular complexity index is 441. The molecule has 16 heavy (non-hydrogen) atoms. The van der Waals surface area contributed by atoms with Gasteiger partial charge in [-0.25, -0.2) is 0 Å². The molecule has 1 aromatic carbocycles. The van der Waals surface area contributed by atoms with Gasteiger partial charge in [-0.3, -0.25) is 0 Å². The molecule has 1 aromatic rings. The summed E-state index contributed by atoms with van der Waals surface area (Å²) in [4.78, 5) is 2.05. The van der Waals surface area contributed by atoms with Gasteiger partial charge >= 0.3 is 0 Å². The summed E-state index contributed by atoms with van der Waals surface area (Å²) in [6.45, 7) is 3.89. The molecule has 0 atom stereocenters. The van der Waals surface area contributed by atoms with Crippen LogP contribution in [0.5, 0.6) is 0 Å². The third-order valence-corrected chi connectivity index (χ3v) is 3.58. The summed E-state index contributed by atoms with van der Waals surface area (Å²) in [6.07, 6.45) is 3.66. The van der Waals surface area contributed by atoms with Gasteiger partial charge in [-0.05, 0) is 56.4 Å². The average molecular weight is 214 g/mol. The largest absolute Gasteiger partial charge is 0.357 e. The minimum absolute atomic E-state index is 0.452. The van der Waals surface area contributed by atoms with Crippen molar-refractivity contribution >= 4 is 5.69 Å². The van der Waals surface area contributed by atoms with Crippen molar-refractivity contribution in [2.45, 2.75) is 38.6 Å². The molecule has 2 heteroatoms. The first kappa shape index (κ1) is 11.0. The summed E-state index contributed by atoms with van der Waals surface area (Å²) < 4.78 is 0. The van der Waals surface area contributed by atoms with Crippen molar-refractivity contribution in [3.63, 3.8) is 0 Å². The minimum atomic E-state index is -0.452. The van der Waals surface area contributed by atoms with Gasteiger partial charge in [0.2, 0.25) is 0 Å². The van der Waals surface area contributed by atoms with Gasteiger partial charge in [0.05, 0.1) is 6.07 Å². The van der Waals surface area contributed by atoms with E-state index in [-0.39, 0.29) is 0 Å². The molecule has 0 aromatic heterocycles. The maximum Gasteiger partial charge on any atom is 0.121 e. The zero-order valence-electron chi connectivity index (χ0n) is 10.2. The Labute approximate surface area is 97.5 Å². The Morgan fingerprint density at radius 3 is 2.62 bits per heavy atom. The number of rotatable bonds is 2. The molecule has 0 fully saturated rings. The molecule has 0 saturated heterocycles. The molecular formula is C14H18N2. The summed E-state index contributed by atoms with van der Waals surface area (Å²) in [6, 6.07) is 8.91. The van der Waals surface area contributed by atoms with Gasteiger partial charge in [0.25, 0.3) is 0 Å². The van der Waals surface area contributed by atoms with Crippen molar-refractivity contribution in [3.05, 3.63) is 29.3 Å². The lowest BCUT2D eigenvalue weighted by Crippen LogP contribution is -2.39. The summed E-state index contributed by atoms with van der Waals surface area (Å²) in [5, 5.41) is 9.13. The van der Waals surface area contributed by atoms with Crippen LogP contribution in [-0.4, -0.2) is 12.6 Å². The fourth-order valence-corrected chi connectivity index (χ4v) is 2.16. The van der Waals surface area contributed by atoms with Gasteiger partial charge in [-0.1, -0.05) is 6.07 Å². The van der Waals surface area contributed by atoms with Crippen LogP contribution in [0.25, 0.3) is 0 Å². The average Bonchev–Trinajstić information content (AvgIpc) is 2.74. The molecule has 0 N–H and O–H groups in total. The van der Waals surface area contributed by atoms with Crippen LogP contribution in [0.4, 0.5) is 5.69 Å². The van der Waals surface area contributed by atoms with Crippen molar-refractivity contribution in [1.82, 2.24) is 0 Å². The van der Waals surface area contributed by atoms with Crippen LogP contribution in [0, 0.1) is 11.3 Å². The molecule has 0 saturated carbocycles. The molecule has 0 amide bonds. The van der Waals surface area contributed by atoms with Crippen LogP contribution >= 0.6 is 0 Å². The topological polar surface area (TPSA) is 27.0 Å². The molecule has 1 aliphatic carbocycles. The highest BCUT2D eigenvalue weighted by atomic mass is 15.2. The van der Waals surface area contributed by atoms with Crippen LogP contribution in [0.2, 0.25) is 0 Å². The Morgan fingerprint density at radius 2 is 1.94 bits per heavy atom. The maximum absolute atomic E-state index is 9.13. The van der Waals surface area contributed by atoms with E-state index in [4.69, 9.17) is 5.26 Å². The summed E-state index contributed by atoms with van der Waals surface area (Å²) in [5.74, 6) is 0. The highest BCUT2D eigenvalue weighted by molar-refractivity contribution is 5.54. The lowest BCUT2D eigenvalue weighted by molar-refractivity contribution is 0.617. The molecule has 2 nitrogen and oxygen atoms in total. The van der Waals surface area contributed by atoms with Gasteiger partial charge in [-0.2, -0.15) is 5.26 Å².